The molecule has 0 radical (unpaired) electrons. The Hall–Kier alpha value is -1.35. The van der Waals surface area contributed by atoms with Crippen molar-refractivity contribution in [3.05, 3.63) is 35.4 Å². The highest BCUT2D eigenvalue weighted by atomic mass is 16.2. The summed E-state index contributed by atoms with van der Waals surface area (Å²) in [5.41, 5.74) is 2.89. The van der Waals surface area contributed by atoms with E-state index >= 15 is 0 Å². The van der Waals surface area contributed by atoms with E-state index in [1.807, 2.05) is 7.05 Å². The molecule has 1 atom stereocenters. The lowest BCUT2D eigenvalue weighted by Crippen LogP contribution is -2.39. The molecule has 1 N–H and O–H groups in total. The molecule has 1 aromatic carbocycles. The third kappa shape index (κ3) is 4.14. The van der Waals surface area contributed by atoms with Gasteiger partial charge in [-0.3, -0.25) is 4.79 Å². The van der Waals surface area contributed by atoms with Crippen LogP contribution in [0.3, 0.4) is 0 Å². The van der Waals surface area contributed by atoms with E-state index in [1.165, 1.54) is 49.7 Å². The van der Waals surface area contributed by atoms with Crippen LogP contribution in [0.25, 0.3) is 0 Å². The number of nitrogens with zero attached hydrogens (tertiary/aromatic N) is 1. The number of carbonyl (C=O) groups excluding carboxylic acids is 1. The van der Waals surface area contributed by atoms with Crippen LogP contribution in [0.5, 0.6) is 0 Å². The molecule has 126 valence electrons. The highest BCUT2D eigenvalue weighted by Gasteiger charge is 2.27. The number of fused-ring (bicyclic) bond motifs is 1. The Morgan fingerprint density at radius 3 is 2.78 bits per heavy atom. The van der Waals surface area contributed by atoms with Crippen molar-refractivity contribution in [2.75, 3.05) is 26.7 Å². The maximum atomic E-state index is 12.7. The fraction of sp³-hybridized carbons (Fsp3) is 0.650. The van der Waals surface area contributed by atoms with Gasteiger partial charge in [0.15, 0.2) is 0 Å². The molecular formula is C20H30N2O. The second-order valence-corrected chi connectivity index (χ2v) is 7.21. The van der Waals surface area contributed by atoms with Crippen LogP contribution < -0.4 is 5.32 Å². The number of carbonyl (C=O) groups is 1. The molecule has 0 saturated carbocycles. The zero-order chi connectivity index (χ0) is 16.1. The Balaban J connectivity index is 1.53. The van der Waals surface area contributed by atoms with E-state index in [2.05, 4.69) is 34.5 Å². The van der Waals surface area contributed by atoms with Gasteiger partial charge in [-0.1, -0.05) is 24.3 Å². The second kappa shape index (κ2) is 7.96. The zero-order valence-electron chi connectivity index (χ0n) is 14.4. The predicted molar refractivity (Wildman–Crippen MR) is 94.6 cm³/mol. The van der Waals surface area contributed by atoms with E-state index in [0.29, 0.717) is 18.2 Å². The van der Waals surface area contributed by atoms with Crippen molar-refractivity contribution < 1.29 is 4.79 Å². The van der Waals surface area contributed by atoms with Crippen molar-refractivity contribution in [2.45, 2.75) is 50.9 Å². The van der Waals surface area contributed by atoms with Gasteiger partial charge in [0, 0.05) is 19.5 Å². The third-order valence-electron chi connectivity index (χ3n) is 5.68. The van der Waals surface area contributed by atoms with Crippen molar-refractivity contribution in [3.8, 4) is 0 Å². The smallest absolute Gasteiger partial charge is 0.223 e. The van der Waals surface area contributed by atoms with Crippen LogP contribution in [0, 0.1) is 5.92 Å². The molecule has 1 saturated heterocycles. The van der Waals surface area contributed by atoms with Crippen molar-refractivity contribution in [2.24, 2.45) is 5.92 Å². The van der Waals surface area contributed by atoms with Gasteiger partial charge >= 0.3 is 0 Å². The Morgan fingerprint density at radius 1 is 1.22 bits per heavy atom. The zero-order valence-corrected chi connectivity index (χ0v) is 14.4. The molecule has 1 aliphatic carbocycles. The van der Waals surface area contributed by atoms with Crippen LogP contribution >= 0.6 is 0 Å². The average molecular weight is 314 g/mol. The molecule has 3 heteroatoms. The van der Waals surface area contributed by atoms with Gasteiger partial charge in [0.05, 0.1) is 0 Å². The lowest BCUT2D eigenvalue weighted by molar-refractivity contribution is -0.133. The molecule has 1 aliphatic heterocycles. The van der Waals surface area contributed by atoms with Crippen LogP contribution in [0.4, 0.5) is 0 Å². The summed E-state index contributed by atoms with van der Waals surface area (Å²) < 4.78 is 0. The Bertz CT molecular complexity index is 520. The van der Waals surface area contributed by atoms with Gasteiger partial charge in [-0.25, -0.2) is 0 Å². The van der Waals surface area contributed by atoms with Gasteiger partial charge in [0.25, 0.3) is 0 Å². The molecule has 1 aromatic rings. The van der Waals surface area contributed by atoms with Gasteiger partial charge in [-0.05, 0) is 75.1 Å². The quantitative estimate of drug-likeness (QED) is 0.904. The molecule has 0 spiro atoms. The average Bonchev–Trinajstić information content (AvgIpc) is 2.60. The van der Waals surface area contributed by atoms with E-state index in [4.69, 9.17) is 0 Å². The SMILES string of the molecule is CNCCC1CCN(C(=O)CC2CCCc3ccccc32)CC1. The molecule has 3 rings (SSSR count). The summed E-state index contributed by atoms with van der Waals surface area (Å²) in [5.74, 6) is 1.61. The first-order valence-corrected chi connectivity index (χ1v) is 9.28. The molecule has 2 aliphatic rings. The number of benzene rings is 1. The summed E-state index contributed by atoms with van der Waals surface area (Å²) in [6.07, 6.45) is 7.87. The fourth-order valence-electron chi connectivity index (χ4n) is 4.23. The summed E-state index contributed by atoms with van der Waals surface area (Å²) in [4.78, 5) is 14.8. The number of nitrogens with one attached hydrogen (secondary N) is 1. The van der Waals surface area contributed by atoms with Gasteiger partial charge < -0.3 is 10.2 Å². The van der Waals surface area contributed by atoms with Crippen LogP contribution in [-0.4, -0.2) is 37.5 Å². The Labute approximate surface area is 140 Å². The van der Waals surface area contributed by atoms with Gasteiger partial charge in [-0.15, -0.1) is 0 Å². The topological polar surface area (TPSA) is 32.3 Å². The van der Waals surface area contributed by atoms with E-state index in [9.17, 15) is 4.79 Å². The molecular weight excluding hydrogens is 284 g/mol. The van der Waals surface area contributed by atoms with E-state index < -0.39 is 0 Å². The number of hydrogen-bond acceptors (Lipinski definition) is 2. The molecule has 1 amide bonds. The minimum absolute atomic E-state index is 0.374. The van der Waals surface area contributed by atoms with E-state index in [1.54, 1.807) is 0 Å². The predicted octanol–water partition coefficient (Wildman–Crippen LogP) is 3.34. The van der Waals surface area contributed by atoms with Crippen molar-refractivity contribution in [1.29, 1.82) is 0 Å². The van der Waals surface area contributed by atoms with Gasteiger partial charge in [0.2, 0.25) is 5.91 Å². The minimum Gasteiger partial charge on any atom is -0.343 e. The van der Waals surface area contributed by atoms with Gasteiger partial charge in [0.1, 0.15) is 0 Å². The maximum Gasteiger partial charge on any atom is 0.223 e. The lowest BCUT2D eigenvalue weighted by Gasteiger charge is -2.34. The molecule has 23 heavy (non-hydrogen) atoms. The number of amides is 1. The highest BCUT2D eigenvalue weighted by molar-refractivity contribution is 5.77. The number of rotatable bonds is 5. The highest BCUT2D eigenvalue weighted by Crippen LogP contribution is 2.34. The first-order chi connectivity index (χ1) is 11.3. The monoisotopic (exact) mass is 314 g/mol. The minimum atomic E-state index is 0.374. The standard InChI is InChI=1S/C20H30N2O/c1-21-12-9-16-10-13-22(14-11-16)20(23)15-18-7-4-6-17-5-2-3-8-19(17)18/h2-3,5,8,16,18,21H,4,6-7,9-15H2,1H3. The lowest BCUT2D eigenvalue weighted by atomic mass is 9.80. The Kier molecular flexibility index (Phi) is 5.71. The van der Waals surface area contributed by atoms with Crippen molar-refractivity contribution in [3.63, 3.8) is 0 Å². The third-order valence-corrected chi connectivity index (χ3v) is 5.68. The molecule has 1 fully saturated rings. The van der Waals surface area contributed by atoms with Gasteiger partial charge in [-0.2, -0.15) is 0 Å². The van der Waals surface area contributed by atoms with Crippen molar-refractivity contribution in [1.82, 2.24) is 10.2 Å². The summed E-state index contributed by atoms with van der Waals surface area (Å²) in [5, 5.41) is 3.23. The number of piperidine rings is 1. The normalized spacial score (nSPS) is 22.0. The first-order valence-electron chi connectivity index (χ1n) is 9.28. The number of hydrogen-bond donors (Lipinski definition) is 1. The van der Waals surface area contributed by atoms with Crippen LogP contribution in [-0.2, 0) is 11.2 Å². The van der Waals surface area contributed by atoms with Crippen molar-refractivity contribution >= 4 is 5.91 Å². The Morgan fingerprint density at radius 2 is 2.00 bits per heavy atom. The summed E-state index contributed by atoms with van der Waals surface area (Å²) in [7, 11) is 2.01. The maximum absolute atomic E-state index is 12.7. The van der Waals surface area contributed by atoms with E-state index in [-0.39, 0.29) is 0 Å². The number of likely N-dealkylation sites (tertiary alicyclic amines) is 1. The van der Waals surface area contributed by atoms with Crippen LogP contribution in [0.2, 0.25) is 0 Å². The second-order valence-electron chi connectivity index (χ2n) is 7.21. The first kappa shape index (κ1) is 16.5. The largest absolute Gasteiger partial charge is 0.343 e. The summed E-state index contributed by atoms with van der Waals surface area (Å²) >= 11 is 0. The van der Waals surface area contributed by atoms with Crippen LogP contribution in [0.15, 0.2) is 24.3 Å². The molecule has 1 heterocycles. The van der Waals surface area contributed by atoms with E-state index in [0.717, 1.165) is 25.6 Å². The summed E-state index contributed by atoms with van der Waals surface area (Å²) in [6.45, 7) is 3.01. The molecule has 3 nitrogen and oxygen atoms in total. The molecule has 1 unspecified atom stereocenters. The molecule has 0 bridgehead atoms. The fourth-order valence-corrected chi connectivity index (χ4v) is 4.23. The molecule has 0 aromatic heterocycles. The van der Waals surface area contributed by atoms with Crippen LogP contribution in [0.1, 0.15) is 55.6 Å². The number of aryl methyl sites for hydroxylation is 1. The summed E-state index contributed by atoms with van der Waals surface area (Å²) in [6, 6.07) is 8.71.